The molecular weight excluding hydrogens is 554 g/mol. The SMILES string of the molecule is CC(C)(C)CCCc1ccccc1[I-]c1cccc([I-]c2ccccc2)c1. The molecule has 0 aromatic heterocycles. The molecule has 3 aromatic rings. The van der Waals surface area contributed by atoms with Crippen molar-refractivity contribution in [1.82, 2.24) is 0 Å². The van der Waals surface area contributed by atoms with Crippen LogP contribution in [0.15, 0.2) is 78.9 Å². The number of hydrogen-bond acceptors (Lipinski definition) is 0. The zero-order valence-electron chi connectivity index (χ0n) is 16.4. The molecule has 0 heterocycles. The fraction of sp³-hybridized carbons (Fsp3) is 0.280. The molecule has 0 N–H and O–H groups in total. The van der Waals surface area contributed by atoms with Gasteiger partial charge < -0.3 is 0 Å². The summed E-state index contributed by atoms with van der Waals surface area (Å²) in [6.07, 6.45) is 3.78. The van der Waals surface area contributed by atoms with Crippen molar-refractivity contribution in [2.45, 2.75) is 40.0 Å². The summed E-state index contributed by atoms with van der Waals surface area (Å²) in [5, 5.41) is 0. The summed E-state index contributed by atoms with van der Waals surface area (Å²) >= 11 is -0.193. The van der Waals surface area contributed by atoms with Gasteiger partial charge in [0.15, 0.2) is 0 Å². The van der Waals surface area contributed by atoms with Gasteiger partial charge in [0.25, 0.3) is 0 Å². The molecule has 3 rings (SSSR count). The maximum atomic E-state index is 2.47. The molecule has 0 bridgehead atoms. The first kappa shape index (κ1) is 20.8. The van der Waals surface area contributed by atoms with E-state index in [4.69, 9.17) is 0 Å². The van der Waals surface area contributed by atoms with Crippen LogP contribution < -0.4 is 42.4 Å². The van der Waals surface area contributed by atoms with Crippen LogP contribution in [0.25, 0.3) is 0 Å². The molecule has 0 radical (unpaired) electrons. The van der Waals surface area contributed by atoms with Crippen molar-refractivity contribution in [3.8, 4) is 0 Å². The molecule has 0 aliphatic rings. The molecule has 0 unspecified atom stereocenters. The van der Waals surface area contributed by atoms with Crippen LogP contribution in [0, 0.1) is 19.7 Å². The monoisotopic (exact) mass is 582 g/mol. The molecule has 27 heavy (non-hydrogen) atoms. The van der Waals surface area contributed by atoms with Crippen LogP contribution in [-0.2, 0) is 6.42 Å². The Morgan fingerprint density at radius 3 is 2.04 bits per heavy atom. The van der Waals surface area contributed by atoms with Crippen molar-refractivity contribution in [3.05, 3.63) is 98.7 Å². The van der Waals surface area contributed by atoms with Crippen LogP contribution in [0.4, 0.5) is 0 Å². The molecule has 0 saturated carbocycles. The third-order valence-electron chi connectivity index (χ3n) is 4.28. The molecule has 0 nitrogen and oxygen atoms in total. The number of rotatable bonds is 7. The second-order valence-corrected chi connectivity index (χ2v) is 13.9. The van der Waals surface area contributed by atoms with E-state index < -0.39 is 0 Å². The third kappa shape index (κ3) is 7.22. The molecule has 0 amide bonds. The van der Waals surface area contributed by atoms with E-state index in [0.29, 0.717) is 5.41 Å². The molecule has 0 atom stereocenters. The summed E-state index contributed by atoms with van der Waals surface area (Å²) in [6.45, 7) is 7.02. The van der Waals surface area contributed by atoms with Gasteiger partial charge in [-0.15, -0.1) is 0 Å². The standard InChI is InChI=1S/C25H28I2/c1-25(2,3)18-10-12-20-11-7-8-17-24(20)27-23-16-9-15-22(19-23)26-21-13-5-4-6-14-21/h4-9,11,13-17,19H,10,12,18H2,1-3H3/q-2. The normalized spacial score (nSPS) is 11.8. The number of halogens is 2. The first-order valence-electron chi connectivity index (χ1n) is 9.52. The van der Waals surface area contributed by atoms with Crippen LogP contribution in [0.2, 0.25) is 0 Å². The summed E-state index contributed by atoms with van der Waals surface area (Å²) in [5.41, 5.74) is 2.00. The van der Waals surface area contributed by atoms with Crippen LogP contribution in [0.1, 0.15) is 39.2 Å². The van der Waals surface area contributed by atoms with Gasteiger partial charge in [0.1, 0.15) is 0 Å². The van der Waals surface area contributed by atoms with Crippen molar-refractivity contribution >= 4 is 0 Å². The van der Waals surface area contributed by atoms with Gasteiger partial charge in [0.05, 0.1) is 0 Å². The molecule has 144 valence electrons. The fourth-order valence-electron chi connectivity index (χ4n) is 2.90. The predicted molar refractivity (Wildman–Crippen MR) is 107 cm³/mol. The van der Waals surface area contributed by atoms with E-state index in [1.165, 1.54) is 26.4 Å². The van der Waals surface area contributed by atoms with Crippen LogP contribution in [0.5, 0.6) is 0 Å². The predicted octanol–water partition coefficient (Wildman–Crippen LogP) is 0.312. The Hall–Kier alpha value is -0.880. The molecule has 3 aromatic carbocycles. The van der Waals surface area contributed by atoms with Crippen LogP contribution in [0.3, 0.4) is 0 Å². The maximum absolute atomic E-state index is 2.47. The Balaban J connectivity index is 1.69. The Morgan fingerprint density at radius 1 is 0.667 bits per heavy atom. The van der Waals surface area contributed by atoms with Crippen molar-refractivity contribution in [2.75, 3.05) is 0 Å². The zero-order chi connectivity index (χ0) is 19.1. The van der Waals surface area contributed by atoms with Gasteiger partial charge >= 0.3 is 187 Å². The van der Waals surface area contributed by atoms with Crippen molar-refractivity contribution < 1.29 is 42.4 Å². The average Bonchev–Trinajstić information content (AvgIpc) is 2.63. The van der Waals surface area contributed by atoms with E-state index in [-0.39, 0.29) is 42.4 Å². The van der Waals surface area contributed by atoms with Crippen LogP contribution >= 0.6 is 0 Å². The van der Waals surface area contributed by atoms with E-state index >= 15 is 0 Å². The van der Waals surface area contributed by atoms with Crippen LogP contribution in [-0.4, -0.2) is 0 Å². The molecule has 0 aliphatic heterocycles. The summed E-state index contributed by atoms with van der Waals surface area (Å²) in [6, 6.07) is 29.4. The molecule has 0 spiro atoms. The van der Waals surface area contributed by atoms with Gasteiger partial charge in [-0.05, 0) is 0 Å². The molecule has 0 aliphatic carbocycles. The Bertz CT molecular complexity index is 847. The van der Waals surface area contributed by atoms with Gasteiger partial charge in [0.2, 0.25) is 0 Å². The first-order valence-corrected chi connectivity index (χ1v) is 13.8. The van der Waals surface area contributed by atoms with E-state index in [0.717, 1.165) is 0 Å². The average molecular weight is 582 g/mol. The van der Waals surface area contributed by atoms with Crippen molar-refractivity contribution in [3.63, 3.8) is 0 Å². The number of benzene rings is 3. The second-order valence-electron chi connectivity index (χ2n) is 7.93. The quantitative estimate of drug-likeness (QED) is 0.353. The van der Waals surface area contributed by atoms with Gasteiger partial charge in [-0.2, -0.15) is 0 Å². The van der Waals surface area contributed by atoms with E-state index in [1.807, 2.05) is 0 Å². The Labute approximate surface area is 185 Å². The second kappa shape index (κ2) is 10.1. The van der Waals surface area contributed by atoms with Gasteiger partial charge in [-0.3, -0.25) is 0 Å². The summed E-state index contributed by atoms with van der Waals surface area (Å²) < 4.78 is 6.17. The summed E-state index contributed by atoms with van der Waals surface area (Å²) in [4.78, 5) is 0. The molecular formula is C25H28I2-2. The van der Waals surface area contributed by atoms with E-state index in [1.54, 1.807) is 12.7 Å². The van der Waals surface area contributed by atoms with Gasteiger partial charge in [0, 0.05) is 0 Å². The first-order chi connectivity index (χ1) is 13.0. The van der Waals surface area contributed by atoms with E-state index in [9.17, 15) is 0 Å². The van der Waals surface area contributed by atoms with E-state index in [2.05, 4.69) is 99.6 Å². The molecule has 2 heteroatoms. The fourth-order valence-corrected chi connectivity index (χ4v) is 8.60. The topological polar surface area (TPSA) is 0 Å². The number of aryl methyl sites for hydroxylation is 1. The minimum atomic E-state index is -0.115. The van der Waals surface area contributed by atoms with Gasteiger partial charge in [-0.1, -0.05) is 0 Å². The Morgan fingerprint density at radius 2 is 1.30 bits per heavy atom. The third-order valence-corrected chi connectivity index (χ3v) is 9.84. The molecule has 0 fully saturated rings. The Kier molecular flexibility index (Phi) is 7.76. The molecule has 0 saturated heterocycles. The summed E-state index contributed by atoms with van der Waals surface area (Å²) in [7, 11) is 0. The van der Waals surface area contributed by atoms with Crippen molar-refractivity contribution in [1.29, 1.82) is 0 Å². The minimum absolute atomic E-state index is 0.0777. The van der Waals surface area contributed by atoms with Gasteiger partial charge in [-0.25, -0.2) is 0 Å². The zero-order valence-corrected chi connectivity index (χ0v) is 20.7. The summed E-state index contributed by atoms with van der Waals surface area (Å²) in [5.74, 6) is 0. The van der Waals surface area contributed by atoms with Crippen molar-refractivity contribution in [2.24, 2.45) is 5.41 Å². The number of hydrogen-bond donors (Lipinski definition) is 0.